The summed E-state index contributed by atoms with van der Waals surface area (Å²) in [5.74, 6) is 0.222. The average molecular weight is 342 g/mol. The van der Waals surface area contributed by atoms with E-state index in [-0.39, 0.29) is 17.7 Å². The van der Waals surface area contributed by atoms with Crippen LogP contribution >= 0.6 is 11.3 Å². The molecule has 1 fully saturated rings. The number of carbonyl (C=O) groups excluding carboxylic acids is 2. The highest BCUT2D eigenvalue weighted by Crippen LogP contribution is 2.29. The zero-order chi connectivity index (χ0) is 16.9. The van der Waals surface area contributed by atoms with Gasteiger partial charge in [0.1, 0.15) is 0 Å². The molecule has 3 rings (SSSR count). The molecule has 0 bridgehead atoms. The van der Waals surface area contributed by atoms with E-state index in [1.54, 1.807) is 11.3 Å². The van der Waals surface area contributed by atoms with Gasteiger partial charge in [0.05, 0.1) is 5.56 Å². The van der Waals surface area contributed by atoms with Crippen LogP contribution in [-0.4, -0.2) is 36.3 Å². The fourth-order valence-electron chi connectivity index (χ4n) is 3.14. The van der Waals surface area contributed by atoms with Crippen LogP contribution in [0.5, 0.6) is 0 Å². The van der Waals surface area contributed by atoms with Crippen LogP contribution in [0.25, 0.3) is 11.1 Å². The van der Waals surface area contributed by atoms with Crippen molar-refractivity contribution in [2.24, 2.45) is 5.92 Å². The van der Waals surface area contributed by atoms with Crippen molar-refractivity contribution in [3.8, 4) is 11.1 Å². The molecule has 1 aliphatic heterocycles. The van der Waals surface area contributed by atoms with Gasteiger partial charge >= 0.3 is 0 Å². The monoisotopic (exact) mass is 342 g/mol. The van der Waals surface area contributed by atoms with Crippen LogP contribution in [0, 0.1) is 5.92 Å². The van der Waals surface area contributed by atoms with Gasteiger partial charge in [-0.05, 0) is 30.7 Å². The summed E-state index contributed by atoms with van der Waals surface area (Å²) in [6, 6.07) is 10.0. The average Bonchev–Trinajstić information content (AvgIpc) is 3.12. The molecule has 0 spiro atoms. The van der Waals surface area contributed by atoms with Crippen molar-refractivity contribution in [3.63, 3.8) is 0 Å². The molecular weight excluding hydrogens is 320 g/mol. The molecule has 1 aromatic heterocycles. The summed E-state index contributed by atoms with van der Waals surface area (Å²) in [5.41, 5.74) is 2.83. The van der Waals surface area contributed by atoms with E-state index in [1.807, 2.05) is 52.9 Å². The minimum Gasteiger partial charge on any atom is -0.356 e. The van der Waals surface area contributed by atoms with Crippen LogP contribution in [0.3, 0.4) is 0 Å². The number of hydrogen-bond acceptors (Lipinski definition) is 3. The number of nitrogens with zero attached hydrogens (tertiary/aromatic N) is 1. The van der Waals surface area contributed by atoms with Crippen molar-refractivity contribution in [2.45, 2.75) is 19.8 Å². The van der Waals surface area contributed by atoms with Gasteiger partial charge in [-0.25, -0.2) is 0 Å². The summed E-state index contributed by atoms with van der Waals surface area (Å²) < 4.78 is 0. The van der Waals surface area contributed by atoms with E-state index < -0.39 is 0 Å². The topological polar surface area (TPSA) is 49.4 Å². The molecule has 4 nitrogen and oxygen atoms in total. The smallest absolute Gasteiger partial charge is 0.255 e. The quantitative estimate of drug-likeness (QED) is 0.926. The molecule has 2 heterocycles. The van der Waals surface area contributed by atoms with Crippen LogP contribution in [-0.2, 0) is 4.79 Å². The standard InChI is InChI=1S/C19H22N2O2S/c1-2-20-18(22)15-8-10-21(11-9-15)19(23)17-13-24-12-16(17)14-6-4-3-5-7-14/h3-7,12-13,15H,2,8-11H2,1H3,(H,20,22). The molecule has 1 N–H and O–H groups in total. The minimum atomic E-state index is 0.0325. The molecular formula is C19H22N2O2S. The molecule has 0 saturated carbocycles. The lowest BCUT2D eigenvalue weighted by molar-refractivity contribution is -0.126. The van der Waals surface area contributed by atoms with E-state index in [0.717, 1.165) is 29.5 Å². The van der Waals surface area contributed by atoms with Crippen molar-refractivity contribution in [1.29, 1.82) is 0 Å². The van der Waals surface area contributed by atoms with Gasteiger partial charge in [-0.3, -0.25) is 9.59 Å². The Kier molecular flexibility index (Phi) is 5.30. The molecule has 0 radical (unpaired) electrons. The first-order valence-electron chi connectivity index (χ1n) is 8.39. The van der Waals surface area contributed by atoms with E-state index in [1.165, 1.54) is 0 Å². The van der Waals surface area contributed by atoms with Crippen molar-refractivity contribution in [2.75, 3.05) is 19.6 Å². The Morgan fingerprint density at radius 2 is 1.88 bits per heavy atom. The number of rotatable bonds is 4. The molecule has 2 aromatic rings. The fraction of sp³-hybridized carbons (Fsp3) is 0.368. The second-order valence-electron chi connectivity index (χ2n) is 6.03. The van der Waals surface area contributed by atoms with E-state index in [2.05, 4.69) is 5.32 Å². The van der Waals surface area contributed by atoms with Crippen molar-refractivity contribution >= 4 is 23.2 Å². The summed E-state index contributed by atoms with van der Waals surface area (Å²) in [6.07, 6.45) is 1.48. The number of likely N-dealkylation sites (tertiary alicyclic amines) is 1. The predicted octanol–water partition coefficient (Wildman–Crippen LogP) is 3.40. The summed E-state index contributed by atoms with van der Waals surface area (Å²) in [7, 11) is 0. The molecule has 0 aliphatic carbocycles. The third-order valence-electron chi connectivity index (χ3n) is 4.48. The second-order valence-corrected chi connectivity index (χ2v) is 6.77. The predicted molar refractivity (Wildman–Crippen MR) is 97.1 cm³/mol. The first kappa shape index (κ1) is 16.7. The van der Waals surface area contributed by atoms with Gasteiger partial charge in [0.15, 0.2) is 0 Å². The maximum Gasteiger partial charge on any atom is 0.255 e. The van der Waals surface area contributed by atoms with Crippen LogP contribution in [0.4, 0.5) is 0 Å². The highest BCUT2D eigenvalue weighted by atomic mass is 32.1. The molecule has 0 atom stereocenters. The molecule has 1 aliphatic rings. The van der Waals surface area contributed by atoms with Crippen LogP contribution in [0.2, 0.25) is 0 Å². The summed E-state index contributed by atoms with van der Waals surface area (Å²) in [4.78, 5) is 26.7. The Hall–Kier alpha value is -2.14. The number of carbonyl (C=O) groups is 2. The highest BCUT2D eigenvalue weighted by molar-refractivity contribution is 7.08. The summed E-state index contributed by atoms with van der Waals surface area (Å²) in [5, 5.41) is 6.84. The number of benzene rings is 1. The highest BCUT2D eigenvalue weighted by Gasteiger charge is 2.28. The number of nitrogens with one attached hydrogen (secondary N) is 1. The van der Waals surface area contributed by atoms with Gasteiger partial charge < -0.3 is 10.2 Å². The Morgan fingerprint density at radius 3 is 2.54 bits per heavy atom. The van der Waals surface area contributed by atoms with E-state index in [9.17, 15) is 9.59 Å². The third kappa shape index (κ3) is 3.51. The van der Waals surface area contributed by atoms with Gasteiger partial charge in [0.2, 0.25) is 5.91 Å². The molecule has 5 heteroatoms. The SMILES string of the molecule is CCNC(=O)C1CCN(C(=O)c2cscc2-c2ccccc2)CC1. The largest absolute Gasteiger partial charge is 0.356 e. The van der Waals surface area contributed by atoms with Gasteiger partial charge in [-0.2, -0.15) is 11.3 Å². The molecule has 24 heavy (non-hydrogen) atoms. The summed E-state index contributed by atoms with van der Waals surface area (Å²) in [6.45, 7) is 3.88. The lowest BCUT2D eigenvalue weighted by Gasteiger charge is -2.31. The first-order valence-corrected chi connectivity index (χ1v) is 9.33. The van der Waals surface area contributed by atoms with Crippen molar-refractivity contribution in [1.82, 2.24) is 10.2 Å². The summed E-state index contributed by atoms with van der Waals surface area (Å²) >= 11 is 1.55. The Morgan fingerprint density at radius 1 is 1.17 bits per heavy atom. The number of amides is 2. The fourth-order valence-corrected chi connectivity index (χ4v) is 3.97. The zero-order valence-corrected chi connectivity index (χ0v) is 14.6. The number of hydrogen-bond donors (Lipinski definition) is 1. The van der Waals surface area contributed by atoms with Crippen molar-refractivity contribution in [3.05, 3.63) is 46.7 Å². The van der Waals surface area contributed by atoms with E-state index >= 15 is 0 Å². The number of thiophene rings is 1. The molecule has 2 amide bonds. The first-order chi connectivity index (χ1) is 11.7. The molecule has 0 unspecified atom stereocenters. The Bertz CT molecular complexity index is 703. The van der Waals surface area contributed by atoms with Crippen LogP contribution in [0.1, 0.15) is 30.1 Å². The van der Waals surface area contributed by atoms with Gasteiger partial charge in [0.25, 0.3) is 5.91 Å². The maximum atomic E-state index is 12.9. The lowest BCUT2D eigenvalue weighted by Crippen LogP contribution is -2.43. The van der Waals surface area contributed by atoms with Crippen LogP contribution < -0.4 is 5.32 Å². The third-order valence-corrected chi connectivity index (χ3v) is 5.22. The molecule has 1 aromatic carbocycles. The van der Waals surface area contributed by atoms with E-state index in [0.29, 0.717) is 19.6 Å². The van der Waals surface area contributed by atoms with E-state index in [4.69, 9.17) is 0 Å². The van der Waals surface area contributed by atoms with Gasteiger partial charge in [-0.15, -0.1) is 0 Å². The minimum absolute atomic E-state index is 0.0325. The zero-order valence-electron chi connectivity index (χ0n) is 13.8. The number of piperidine rings is 1. The molecule has 1 saturated heterocycles. The normalized spacial score (nSPS) is 15.3. The lowest BCUT2D eigenvalue weighted by atomic mass is 9.95. The van der Waals surface area contributed by atoms with Crippen LogP contribution in [0.15, 0.2) is 41.1 Å². The van der Waals surface area contributed by atoms with Gasteiger partial charge in [-0.1, -0.05) is 30.3 Å². The Balaban J connectivity index is 1.69. The Labute approximate surface area is 146 Å². The molecule has 126 valence electrons. The maximum absolute atomic E-state index is 12.9. The van der Waals surface area contributed by atoms with Gasteiger partial charge in [0, 0.05) is 36.5 Å². The second kappa shape index (κ2) is 7.62. The van der Waals surface area contributed by atoms with Crippen molar-refractivity contribution < 1.29 is 9.59 Å².